The highest BCUT2D eigenvalue weighted by Crippen LogP contribution is 2.15. The summed E-state index contributed by atoms with van der Waals surface area (Å²) in [4.78, 5) is 25.2. The van der Waals surface area contributed by atoms with Gasteiger partial charge in [0, 0.05) is 18.5 Å². The van der Waals surface area contributed by atoms with Gasteiger partial charge in [0.1, 0.15) is 5.78 Å². The van der Waals surface area contributed by atoms with E-state index in [1.54, 1.807) is 23.7 Å². The van der Waals surface area contributed by atoms with Crippen molar-refractivity contribution in [2.24, 2.45) is 0 Å². The van der Waals surface area contributed by atoms with E-state index in [9.17, 15) is 9.59 Å². The van der Waals surface area contributed by atoms with Crippen LogP contribution >= 0.6 is 11.8 Å². The normalized spacial score (nSPS) is 10.1. The fourth-order valence-electron chi connectivity index (χ4n) is 1.44. The topological polar surface area (TPSA) is 37.4 Å². The molecule has 17 heavy (non-hydrogen) atoms. The first-order valence-corrected chi connectivity index (χ1v) is 6.61. The van der Waals surface area contributed by atoms with Crippen LogP contribution in [-0.4, -0.2) is 29.9 Å². The third kappa shape index (κ3) is 4.61. The van der Waals surface area contributed by atoms with Gasteiger partial charge in [-0.1, -0.05) is 12.1 Å². The van der Waals surface area contributed by atoms with Crippen LogP contribution in [0.2, 0.25) is 0 Å². The largest absolute Gasteiger partial charge is 0.341 e. The van der Waals surface area contributed by atoms with Gasteiger partial charge >= 0.3 is 0 Å². The Bertz CT molecular complexity index is 400. The van der Waals surface area contributed by atoms with Crippen molar-refractivity contribution in [2.45, 2.75) is 24.8 Å². The van der Waals surface area contributed by atoms with Crippen molar-refractivity contribution in [1.82, 2.24) is 4.90 Å². The van der Waals surface area contributed by atoms with Crippen molar-refractivity contribution in [3.05, 3.63) is 29.8 Å². The van der Waals surface area contributed by atoms with E-state index in [0.29, 0.717) is 6.54 Å². The number of carbonyl (C=O) groups excluding carboxylic acids is 2. The summed E-state index contributed by atoms with van der Waals surface area (Å²) in [5.41, 5.74) is 1.07. The van der Waals surface area contributed by atoms with Gasteiger partial charge in [0.05, 0.1) is 6.42 Å². The zero-order chi connectivity index (χ0) is 12.8. The van der Waals surface area contributed by atoms with Crippen molar-refractivity contribution in [1.29, 1.82) is 0 Å². The maximum Gasteiger partial charge on any atom is 0.230 e. The van der Waals surface area contributed by atoms with Crippen molar-refractivity contribution in [3.63, 3.8) is 0 Å². The first kappa shape index (κ1) is 13.8. The first-order valence-electron chi connectivity index (χ1n) is 5.39. The summed E-state index contributed by atoms with van der Waals surface area (Å²) in [5.74, 6) is -0.231. The zero-order valence-electron chi connectivity index (χ0n) is 10.4. The van der Waals surface area contributed by atoms with E-state index in [4.69, 9.17) is 0 Å². The van der Waals surface area contributed by atoms with Gasteiger partial charge in [0.25, 0.3) is 0 Å². The van der Waals surface area contributed by atoms with Gasteiger partial charge in [0.2, 0.25) is 5.91 Å². The molecule has 4 heteroatoms. The molecular formula is C13H17NO2S. The predicted octanol–water partition coefficient (Wildman–Crippen LogP) is 2.35. The Hall–Kier alpha value is -1.29. The summed E-state index contributed by atoms with van der Waals surface area (Å²) in [7, 11) is 1.72. The molecule has 1 aromatic carbocycles. The molecule has 0 spiro atoms. The Kier molecular flexibility index (Phi) is 5.22. The minimum atomic E-state index is -0.133. The molecule has 0 aliphatic carbocycles. The molecule has 92 valence electrons. The molecular weight excluding hydrogens is 234 g/mol. The molecule has 0 fully saturated rings. The fourth-order valence-corrected chi connectivity index (χ4v) is 1.85. The molecule has 0 aromatic heterocycles. The maximum absolute atomic E-state index is 11.6. The van der Waals surface area contributed by atoms with Crippen LogP contribution < -0.4 is 0 Å². The van der Waals surface area contributed by atoms with Crippen molar-refractivity contribution in [2.75, 3.05) is 13.3 Å². The number of benzene rings is 1. The lowest BCUT2D eigenvalue weighted by Gasteiger charge is -2.16. The summed E-state index contributed by atoms with van der Waals surface area (Å²) in [6.45, 7) is 1.97. The van der Waals surface area contributed by atoms with E-state index >= 15 is 0 Å². The molecule has 0 heterocycles. The monoisotopic (exact) mass is 251 g/mol. The summed E-state index contributed by atoms with van der Waals surface area (Å²) < 4.78 is 0. The number of nitrogens with zero attached hydrogens (tertiary/aromatic N) is 1. The second-order valence-electron chi connectivity index (χ2n) is 3.98. The zero-order valence-corrected chi connectivity index (χ0v) is 11.2. The molecule has 0 unspecified atom stereocenters. The molecule has 0 radical (unpaired) electrons. The van der Waals surface area contributed by atoms with Gasteiger partial charge < -0.3 is 4.90 Å². The molecule has 0 aliphatic heterocycles. The average Bonchev–Trinajstić information content (AvgIpc) is 2.29. The lowest BCUT2D eigenvalue weighted by Crippen LogP contribution is -2.27. The number of hydrogen-bond donors (Lipinski definition) is 0. The van der Waals surface area contributed by atoms with Crippen LogP contribution in [0.4, 0.5) is 0 Å². The van der Waals surface area contributed by atoms with Gasteiger partial charge in [-0.25, -0.2) is 0 Å². The Morgan fingerprint density at radius 3 is 2.29 bits per heavy atom. The molecule has 1 rings (SSSR count). The van der Waals surface area contributed by atoms with Gasteiger partial charge in [0.15, 0.2) is 0 Å². The van der Waals surface area contributed by atoms with E-state index in [0.717, 1.165) is 5.56 Å². The van der Waals surface area contributed by atoms with E-state index in [1.807, 2.05) is 30.5 Å². The minimum Gasteiger partial charge on any atom is -0.341 e. The molecule has 0 N–H and O–H groups in total. The van der Waals surface area contributed by atoms with E-state index in [1.165, 1.54) is 11.8 Å². The summed E-state index contributed by atoms with van der Waals surface area (Å²) in [6.07, 6.45) is 2.01. The van der Waals surface area contributed by atoms with Crippen LogP contribution in [0.15, 0.2) is 29.2 Å². The minimum absolute atomic E-state index is 0.0145. The number of rotatable bonds is 5. The lowest BCUT2D eigenvalue weighted by atomic mass is 10.2. The van der Waals surface area contributed by atoms with Crippen LogP contribution in [0, 0.1) is 0 Å². The smallest absolute Gasteiger partial charge is 0.230 e. The Labute approximate surface area is 106 Å². The Balaban J connectivity index is 2.57. The number of hydrogen-bond acceptors (Lipinski definition) is 3. The Morgan fingerprint density at radius 1 is 1.24 bits per heavy atom. The van der Waals surface area contributed by atoms with Crippen molar-refractivity contribution >= 4 is 23.5 Å². The van der Waals surface area contributed by atoms with Gasteiger partial charge in [-0.05, 0) is 30.9 Å². The third-order valence-corrected chi connectivity index (χ3v) is 3.15. The predicted molar refractivity (Wildman–Crippen MR) is 70.0 cm³/mol. The maximum atomic E-state index is 11.6. The average molecular weight is 251 g/mol. The Morgan fingerprint density at radius 2 is 1.82 bits per heavy atom. The summed E-state index contributed by atoms with van der Waals surface area (Å²) in [6, 6.07) is 8.07. The molecule has 0 saturated carbocycles. The van der Waals surface area contributed by atoms with Gasteiger partial charge in [-0.2, -0.15) is 0 Å². The quantitative estimate of drug-likeness (QED) is 0.595. The fraction of sp³-hybridized carbons (Fsp3) is 0.385. The first-order chi connectivity index (χ1) is 8.02. The number of thioether (sulfide) groups is 1. The number of Topliss-reactive ketones (excluding diaryl/α,β-unsaturated/α-hetero) is 1. The van der Waals surface area contributed by atoms with E-state index in [-0.39, 0.29) is 18.1 Å². The molecule has 0 saturated heterocycles. The molecule has 0 bridgehead atoms. The summed E-state index contributed by atoms with van der Waals surface area (Å²) >= 11 is 1.69. The number of carbonyl (C=O) groups is 2. The van der Waals surface area contributed by atoms with Crippen LogP contribution in [0.25, 0.3) is 0 Å². The highest BCUT2D eigenvalue weighted by molar-refractivity contribution is 7.98. The van der Waals surface area contributed by atoms with E-state index < -0.39 is 0 Å². The standard InChI is InChI=1S/C13H17NO2S/c1-10(15)8-13(16)14(2)9-11-4-6-12(17-3)7-5-11/h4-7H,8-9H2,1-3H3. The lowest BCUT2D eigenvalue weighted by molar-refractivity contribution is -0.134. The SMILES string of the molecule is CSc1ccc(CN(C)C(=O)CC(C)=O)cc1. The number of ketones is 1. The highest BCUT2D eigenvalue weighted by Gasteiger charge is 2.11. The van der Waals surface area contributed by atoms with Crippen molar-refractivity contribution in [3.8, 4) is 0 Å². The molecule has 0 atom stereocenters. The van der Waals surface area contributed by atoms with Crippen molar-refractivity contribution < 1.29 is 9.59 Å². The molecule has 3 nitrogen and oxygen atoms in total. The molecule has 0 aliphatic rings. The van der Waals surface area contributed by atoms with E-state index in [2.05, 4.69) is 0 Å². The van der Waals surface area contributed by atoms with Gasteiger partial charge in [-0.15, -0.1) is 11.8 Å². The van der Waals surface area contributed by atoms with Crippen LogP contribution in [0.1, 0.15) is 18.9 Å². The molecule has 1 aromatic rings. The molecule has 1 amide bonds. The van der Waals surface area contributed by atoms with Crippen LogP contribution in [-0.2, 0) is 16.1 Å². The second kappa shape index (κ2) is 6.45. The third-order valence-electron chi connectivity index (χ3n) is 2.40. The summed E-state index contributed by atoms with van der Waals surface area (Å²) in [5, 5.41) is 0. The van der Waals surface area contributed by atoms with Crippen LogP contribution in [0.3, 0.4) is 0 Å². The van der Waals surface area contributed by atoms with Gasteiger partial charge in [-0.3, -0.25) is 9.59 Å². The highest BCUT2D eigenvalue weighted by atomic mass is 32.2. The van der Waals surface area contributed by atoms with Crippen LogP contribution in [0.5, 0.6) is 0 Å². The second-order valence-corrected chi connectivity index (χ2v) is 4.86. The number of amides is 1.